The molecule has 0 saturated carbocycles. The number of hydrogen-bond donors (Lipinski definition) is 1. The SMILES string of the molecule is CCC(Sc1cc(C)c2ccccc2n1)C(=O)Nc1ccc(Cl)c(Cl)c1. The van der Waals surface area contributed by atoms with Gasteiger partial charge in [0.2, 0.25) is 5.91 Å². The second-order valence-corrected chi connectivity index (χ2v) is 7.96. The fraction of sp³-hybridized carbons (Fsp3) is 0.200. The summed E-state index contributed by atoms with van der Waals surface area (Å²) in [6.07, 6.45) is 0.686. The second kappa shape index (κ2) is 8.30. The lowest BCUT2D eigenvalue weighted by atomic mass is 10.1. The number of para-hydroxylation sites is 1. The fourth-order valence-electron chi connectivity index (χ4n) is 2.64. The van der Waals surface area contributed by atoms with Crippen molar-refractivity contribution in [3.05, 3.63) is 64.1 Å². The zero-order chi connectivity index (χ0) is 18.7. The number of rotatable bonds is 5. The first kappa shape index (κ1) is 19.0. The maximum Gasteiger partial charge on any atom is 0.237 e. The van der Waals surface area contributed by atoms with Crippen molar-refractivity contribution in [2.24, 2.45) is 0 Å². The molecule has 1 unspecified atom stereocenters. The van der Waals surface area contributed by atoms with Crippen molar-refractivity contribution >= 4 is 57.5 Å². The van der Waals surface area contributed by atoms with Crippen LogP contribution in [-0.4, -0.2) is 16.1 Å². The largest absolute Gasteiger partial charge is 0.325 e. The number of benzene rings is 2. The molecular formula is C20H18Cl2N2OS. The normalized spacial score (nSPS) is 12.2. The number of aryl methyl sites for hydroxylation is 1. The molecule has 6 heteroatoms. The van der Waals surface area contributed by atoms with Gasteiger partial charge in [0.15, 0.2) is 0 Å². The first-order valence-corrected chi connectivity index (χ1v) is 9.90. The number of hydrogen-bond acceptors (Lipinski definition) is 3. The van der Waals surface area contributed by atoms with Gasteiger partial charge in [-0.15, -0.1) is 0 Å². The minimum atomic E-state index is -0.252. The molecule has 0 saturated heterocycles. The molecule has 1 heterocycles. The Kier molecular flexibility index (Phi) is 6.07. The van der Waals surface area contributed by atoms with Crippen LogP contribution >= 0.6 is 35.0 Å². The predicted molar refractivity (Wildman–Crippen MR) is 112 cm³/mol. The van der Waals surface area contributed by atoms with Crippen LogP contribution in [0, 0.1) is 6.92 Å². The van der Waals surface area contributed by atoms with E-state index in [0.29, 0.717) is 22.2 Å². The Morgan fingerprint density at radius 2 is 1.92 bits per heavy atom. The molecular weight excluding hydrogens is 387 g/mol. The van der Waals surface area contributed by atoms with Crippen molar-refractivity contribution in [2.75, 3.05) is 5.32 Å². The van der Waals surface area contributed by atoms with Crippen LogP contribution in [0.4, 0.5) is 5.69 Å². The monoisotopic (exact) mass is 404 g/mol. The number of aromatic nitrogens is 1. The molecule has 1 aromatic heterocycles. The van der Waals surface area contributed by atoms with E-state index in [1.807, 2.05) is 31.2 Å². The summed E-state index contributed by atoms with van der Waals surface area (Å²) in [4.78, 5) is 17.3. The van der Waals surface area contributed by atoms with E-state index < -0.39 is 0 Å². The molecule has 3 aromatic rings. The van der Waals surface area contributed by atoms with Crippen molar-refractivity contribution in [1.29, 1.82) is 0 Å². The minimum Gasteiger partial charge on any atom is -0.325 e. The van der Waals surface area contributed by atoms with E-state index in [1.165, 1.54) is 11.8 Å². The molecule has 0 fully saturated rings. The number of carbonyl (C=O) groups excluding carboxylic acids is 1. The third kappa shape index (κ3) is 4.32. The van der Waals surface area contributed by atoms with Crippen LogP contribution < -0.4 is 5.32 Å². The zero-order valence-corrected chi connectivity index (χ0v) is 16.8. The predicted octanol–water partition coefficient (Wildman–Crippen LogP) is 6.36. The van der Waals surface area contributed by atoms with E-state index in [1.54, 1.807) is 18.2 Å². The van der Waals surface area contributed by atoms with E-state index in [-0.39, 0.29) is 11.2 Å². The Labute approximate surface area is 167 Å². The van der Waals surface area contributed by atoms with E-state index in [0.717, 1.165) is 21.5 Å². The molecule has 0 spiro atoms. The van der Waals surface area contributed by atoms with Gasteiger partial charge in [0.1, 0.15) is 0 Å². The Morgan fingerprint density at radius 1 is 1.15 bits per heavy atom. The van der Waals surface area contributed by atoms with Gasteiger partial charge in [-0.05, 0) is 49.2 Å². The molecule has 0 aliphatic rings. The second-order valence-electron chi connectivity index (χ2n) is 5.93. The highest BCUT2D eigenvalue weighted by Gasteiger charge is 2.19. The maximum atomic E-state index is 12.7. The van der Waals surface area contributed by atoms with Crippen molar-refractivity contribution < 1.29 is 4.79 Å². The van der Waals surface area contributed by atoms with Crippen molar-refractivity contribution in [1.82, 2.24) is 4.98 Å². The molecule has 26 heavy (non-hydrogen) atoms. The number of nitrogens with one attached hydrogen (secondary N) is 1. The van der Waals surface area contributed by atoms with Gasteiger partial charge in [-0.3, -0.25) is 4.79 Å². The lowest BCUT2D eigenvalue weighted by Crippen LogP contribution is -2.24. The van der Waals surface area contributed by atoms with E-state index in [9.17, 15) is 4.79 Å². The number of anilines is 1. The summed E-state index contributed by atoms with van der Waals surface area (Å²) in [5.74, 6) is -0.0801. The first-order chi connectivity index (χ1) is 12.5. The summed E-state index contributed by atoms with van der Waals surface area (Å²) >= 11 is 13.4. The summed E-state index contributed by atoms with van der Waals surface area (Å²) in [6, 6.07) is 15.1. The highest BCUT2D eigenvalue weighted by atomic mass is 35.5. The molecule has 0 bridgehead atoms. The van der Waals surface area contributed by atoms with Crippen LogP contribution in [0.3, 0.4) is 0 Å². The zero-order valence-electron chi connectivity index (χ0n) is 14.4. The maximum absolute atomic E-state index is 12.7. The number of fused-ring (bicyclic) bond motifs is 1. The third-order valence-electron chi connectivity index (χ3n) is 4.01. The highest BCUT2D eigenvalue weighted by molar-refractivity contribution is 8.00. The molecule has 1 atom stereocenters. The van der Waals surface area contributed by atoms with E-state index >= 15 is 0 Å². The van der Waals surface area contributed by atoms with Gasteiger partial charge in [0, 0.05) is 11.1 Å². The minimum absolute atomic E-state index is 0.0801. The molecule has 1 N–H and O–H groups in total. The van der Waals surface area contributed by atoms with Gasteiger partial charge < -0.3 is 5.32 Å². The van der Waals surface area contributed by atoms with Gasteiger partial charge in [0.05, 0.1) is 25.8 Å². The summed E-state index contributed by atoms with van der Waals surface area (Å²) in [7, 11) is 0. The van der Waals surface area contributed by atoms with Crippen molar-refractivity contribution in [3.63, 3.8) is 0 Å². The standard InChI is InChI=1S/C20H18Cl2N2OS/c1-3-18(20(25)23-13-8-9-15(21)16(22)11-13)26-19-10-12(2)14-6-4-5-7-17(14)24-19/h4-11,18H,3H2,1-2H3,(H,23,25). The summed E-state index contributed by atoms with van der Waals surface area (Å²) in [5.41, 5.74) is 2.72. The number of halogens is 2. The van der Waals surface area contributed by atoms with E-state index in [4.69, 9.17) is 23.2 Å². The Hall–Kier alpha value is -1.75. The first-order valence-electron chi connectivity index (χ1n) is 8.27. The summed E-state index contributed by atoms with van der Waals surface area (Å²) in [5, 5.41) is 5.50. The van der Waals surface area contributed by atoms with Gasteiger partial charge in [0.25, 0.3) is 0 Å². The van der Waals surface area contributed by atoms with Gasteiger partial charge in [-0.1, -0.05) is 60.1 Å². The topological polar surface area (TPSA) is 42.0 Å². The number of thioether (sulfide) groups is 1. The molecule has 3 nitrogen and oxygen atoms in total. The fourth-order valence-corrected chi connectivity index (χ4v) is 3.96. The number of amides is 1. The Bertz CT molecular complexity index is 962. The van der Waals surface area contributed by atoms with Gasteiger partial charge >= 0.3 is 0 Å². The van der Waals surface area contributed by atoms with Crippen LogP contribution in [0.2, 0.25) is 10.0 Å². The van der Waals surface area contributed by atoms with Crippen LogP contribution in [0.1, 0.15) is 18.9 Å². The van der Waals surface area contributed by atoms with Crippen molar-refractivity contribution in [2.45, 2.75) is 30.5 Å². The van der Waals surface area contributed by atoms with Crippen LogP contribution in [-0.2, 0) is 4.79 Å². The van der Waals surface area contributed by atoms with Crippen LogP contribution in [0.25, 0.3) is 10.9 Å². The average molecular weight is 405 g/mol. The molecule has 2 aromatic carbocycles. The van der Waals surface area contributed by atoms with Crippen molar-refractivity contribution in [3.8, 4) is 0 Å². The van der Waals surface area contributed by atoms with E-state index in [2.05, 4.69) is 23.3 Å². The molecule has 0 radical (unpaired) electrons. The molecule has 134 valence electrons. The summed E-state index contributed by atoms with van der Waals surface area (Å²) < 4.78 is 0. The lowest BCUT2D eigenvalue weighted by Gasteiger charge is -2.15. The Balaban J connectivity index is 1.78. The highest BCUT2D eigenvalue weighted by Crippen LogP contribution is 2.30. The molecule has 0 aliphatic carbocycles. The third-order valence-corrected chi connectivity index (χ3v) is 6.03. The number of nitrogens with zero attached hydrogens (tertiary/aromatic N) is 1. The van der Waals surface area contributed by atoms with Gasteiger partial charge in [-0.2, -0.15) is 0 Å². The smallest absolute Gasteiger partial charge is 0.237 e. The van der Waals surface area contributed by atoms with Crippen LogP contribution in [0.15, 0.2) is 53.6 Å². The Morgan fingerprint density at radius 3 is 2.65 bits per heavy atom. The van der Waals surface area contributed by atoms with Crippen LogP contribution in [0.5, 0.6) is 0 Å². The number of carbonyl (C=O) groups is 1. The quantitative estimate of drug-likeness (QED) is 0.502. The molecule has 1 amide bonds. The van der Waals surface area contributed by atoms with Gasteiger partial charge in [-0.25, -0.2) is 4.98 Å². The molecule has 0 aliphatic heterocycles. The summed E-state index contributed by atoms with van der Waals surface area (Å²) in [6.45, 7) is 4.05. The lowest BCUT2D eigenvalue weighted by molar-refractivity contribution is -0.115. The number of pyridine rings is 1. The molecule has 3 rings (SSSR count). The average Bonchev–Trinajstić information content (AvgIpc) is 2.62.